The number of oxime groups is 1. The third-order valence-corrected chi connectivity index (χ3v) is 3.56. The first-order chi connectivity index (χ1) is 8.30. The largest absolute Gasteiger partial charge is 0.444 e. The van der Waals surface area contributed by atoms with Crippen molar-refractivity contribution in [2.75, 3.05) is 13.1 Å². The van der Waals surface area contributed by atoms with Crippen LogP contribution in [0, 0.1) is 0 Å². The summed E-state index contributed by atoms with van der Waals surface area (Å²) in [7, 11) is 0. The van der Waals surface area contributed by atoms with Crippen molar-refractivity contribution < 1.29 is 14.4 Å². The Kier molecular flexibility index (Phi) is 3.58. The SMILES string of the molecule is CC(C)(C)OC(=O)N1CCC2(CC1)CC(Br)=NO2. The summed E-state index contributed by atoms with van der Waals surface area (Å²) in [5.41, 5.74) is -0.653. The molecule has 18 heavy (non-hydrogen) atoms. The van der Waals surface area contributed by atoms with Crippen LogP contribution in [0.3, 0.4) is 0 Å². The van der Waals surface area contributed by atoms with Gasteiger partial charge in [0, 0.05) is 32.4 Å². The summed E-state index contributed by atoms with van der Waals surface area (Å²) >= 11 is 3.35. The highest BCUT2D eigenvalue weighted by Gasteiger charge is 2.42. The summed E-state index contributed by atoms with van der Waals surface area (Å²) in [5, 5.41) is 3.94. The molecule has 2 aliphatic rings. The Balaban J connectivity index is 1.86. The molecule has 0 aromatic heterocycles. The van der Waals surface area contributed by atoms with E-state index in [2.05, 4.69) is 21.1 Å². The highest BCUT2D eigenvalue weighted by atomic mass is 79.9. The predicted octanol–water partition coefficient (Wildman–Crippen LogP) is 2.88. The third-order valence-electron chi connectivity index (χ3n) is 3.13. The average Bonchev–Trinajstić information content (AvgIpc) is 2.58. The van der Waals surface area contributed by atoms with Crippen molar-refractivity contribution in [3.8, 4) is 0 Å². The molecule has 102 valence electrons. The molecule has 0 aromatic carbocycles. The molecule has 2 aliphatic heterocycles. The molecular formula is C12H19BrN2O3. The minimum Gasteiger partial charge on any atom is -0.444 e. The van der Waals surface area contributed by atoms with Crippen LogP contribution in [0.4, 0.5) is 4.79 Å². The summed E-state index contributed by atoms with van der Waals surface area (Å²) in [6.07, 6.45) is 2.15. The van der Waals surface area contributed by atoms with Crippen LogP contribution in [0.5, 0.6) is 0 Å². The molecule has 6 heteroatoms. The van der Waals surface area contributed by atoms with Crippen LogP contribution in [-0.2, 0) is 9.57 Å². The molecule has 2 heterocycles. The number of nitrogens with zero attached hydrogens (tertiary/aromatic N) is 2. The van der Waals surface area contributed by atoms with Gasteiger partial charge in [-0.25, -0.2) is 4.79 Å². The van der Waals surface area contributed by atoms with Gasteiger partial charge in [0.1, 0.15) is 15.8 Å². The van der Waals surface area contributed by atoms with Gasteiger partial charge in [-0.3, -0.25) is 0 Å². The number of likely N-dealkylation sites (tertiary alicyclic amines) is 1. The topological polar surface area (TPSA) is 51.1 Å². The maximum absolute atomic E-state index is 11.9. The number of carbonyl (C=O) groups is 1. The van der Waals surface area contributed by atoms with Crippen LogP contribution in [-0.4, -0.2) is 39.9 Å². The van der Waals surface area contributed by atoms with Crippen molar-refractivity contribution in [3.05, 3.63) is 0 Å². The molecule has 0 radical (unpaired) electrons. The number of amides is 1. The van der Waals surface area contributed by atoms with Gasteiger partial charge in [-0.1, -0.05) is 5.16 Å². The van der Waals surface area contributed by atoms with Gasteiger partial charge in [-0.05, 0) is 36.7 Å². The van der Waals surface area contributed by atoms with Crippen molar-refractivity contribution in [1.29, 1.82) is 0 Å². The zero-order chi connectivity index (χ0) is 13.4. The molecule has 2 rings (SSSR count). The van der Waals surface area contributed by atoms with Crippen LogP contribution >= 0.6 is 15.9 Å². The lowest BCUT2D eigenvalue weighted by atomic mass is 9.89. The van der Waals surface area contributed by atoms with Gasteiger partial charge in [0.15, 0.2) is 0 Å². The van der Waals surface area contributed by atoms with Crippen molar-refractivity contribution in [3.63, 3.8) is 0 Å². The van der Waals surface area contributed by atoms with E-state index in [1.807, 2.05) is 20.8 Å². The molecule has 1 amide bonds. The molecule has 1 fully saturated rings. The molecule has 1 saturated heterocycles. The molecule has 0 unspecified atom stereocenters. The van der Waals surface area contributed by atoms with Gasteiger partial charge < -0.3 is 14.5 Å². The molecule has 0 saturated carbocycles. The Morgan fingerprint density at radius 2 is 2.06 bits per heavy atom. The van der Waals surface area contributed by atoms with Crippen LogP contribution in [0.1, 0.15) is 40.0 Å². The summed E-state index contributed by atoms with van der Waals surface area (Å²) in [5.74, 6) is 0. The maximum Gasteiger partial charge on any atom is 0.410 e. The lowest BCUT2D eigenvalue weighted by molar-refractivity contribution is -0.0639. The number of hydrogen-bond acceptors (Lipinski definition) is 4. The first-order valence-corrected chi connectivity index (χ1v) is 6.97. The normalized spacial score (nSPS) is 22.7. The predicted molar refractivity (Wildman–Crippen MR) is 71.8 cm³/mol. The lowest BCUT2D eigenvalue weighted by Crippen LogP contribution is -2.48. The summed E-state index contributed by atoms with van der Waals surface area (Å²) in [6.45, 7) is 6.94. The Morgan fingerprint density at radius 1 is 1.44 bits per heavy atom. The first kappa shape index (κ1) is 13.6. The van der Waals surface area contributed by atoms with Gasteiger partial charge in [0.25, 0.3) is 0 Å². The molecule has 0 atom stereocenters. The fourth-order valence-electron chi connectivity index (χ4n) is 2.17. The Morgan fingerprint density at radius 3 is 2.50 bits per heavy atom. The second kappa shape index (κ2) is 4.72. The molecule has 1 spiro atoms. The van der Waals surface area contributed by atoms with Gasteiger partial charge in [-0.2, -0.15) is 0 Å². The standard InChI is InChI=1S/C12H19BrN2O3/c1-11(2,3)17-10(16)15-6-4-12(5-7-15)8-9(13)14-18-12/h4-8H2,1-3H3. The van der Waals surface area contributed by atoms with E-state index in [-0.39, 0.29) is 11.7 Å². The lowest BCUT2D eigenvalue weighted by Gasteiger charge is -2.37. The van der Waals surface area contributed by atoms with Crippen LogP contribution in [0.2, 0.25) is 0 Å². The minimum absolute atomic E-state index is 0.211. The first-order valence-electron chi connectivity index (χ1n) is 6.18. The fourth-order valence-corrected chi connectivity index (χ4v) is 2.75. The summed E-state index contributed by atoms with van der Waals surface area (Å²) < 4.78 is 6.21. The molecule has 0 bridgehead atoms. The van der Waals surface area contributed by atoms with E-state index in [1.165, 1.54) is 0 Å². The van der Waals surface area contributed by atoms with E-state index in [0.717, 1.165) is 23.9 Å². The molecular weight excluding hydrogens is 300 g/mol. The molecule has 0 aromatic rings. The average molecular weight is 319 g/mol. The fraction of sp³-hybridized carbons (Fsp3) is 0.833. The van der Waals surface area contributed by atoms with Crippen LogP contribution in [0.25, 0.3) is 0 Å². The van der Waals surface area contributed by atoms with E-state index >= 15 is 0 Å². The van der Waals surface area contributed by atoms with E-state index in [4.69, 9.17) is 9.57 Å². The summed E-state index contributed by atoms with van der Waals surface area (Å²) in [6, 6.07) is 0. The smallest absolute Gasteiger partial charge is 0.410 e. The number of carbonyl (C=O) groups excluding carboxylic acids is 1. The monoisotopic (exact) mass is 318 g/mol. The van der Waals surface area contributed by atoms with E-state index in [9.17, 15) is 4.79 Å². The number of rotatable bonds is 0. The molecule has 0 N–H and O–H groups in total. The van der Waals surface area contributed by atoms with Crippen LogP contribution < -0.4 is 0 Å². The number of halogens is 1. The summed E-state index contributed by atoms with van der Waals surface area (Å²) in [4.78, 5) is 19.1. The van der Waals surface area contributed by atoms with Crippen molar-refractivity contribution in [2.45, 2.75) is 51.2 Å². The third kappa shape index (κ3) is 3.16. The number of hydrogen-bond donors (Lipinski definition) is 0. The van der Waals surface area contributed by atoms with Crippen molar-refractivity contribution in [1.82, 2.24) is 4.90 Å². The van der Waals surface area contributed by atoms with E-state index in [0.29, 0.717) is 13.1 Å². The van der Waals surface area contributed by atoms with Gasteiger partial charge >= 0.3 is 6.09 Å². The second-order valence-corrected chi connectivity index (χ2v) is 6.80. The maximum atomic E-state index is 11.9. The highest BCUT2D eigenvalue weighted by Crippen LogP contribution is 2.36. The zero-order valence-corrected chi connectivity index (χ0v) is 12.6. The number of ether oxygens (including phenoxy) is 1. The van der Waals surface area contributed by atoms with Gasteiger partial charge in [-0.15, -0.1) is 0 Å². The van der Waals surface area contributed by atoms with E-state index < -0.39 is 5.60 Å². The van der Waals surface area contributed by atoms with Gasteiger partial charge in [0.2, 0.25) is 0 Å². The van der Waals surface area contributed by atoms with Crippen LogP contribution in [0.15, 0.2) is 5.16 Å². The quantitative estimate of drug-likeness (QED) is 0.690. The van der Waals surface area contributed by atoms with Gasteiger partial charge in [0.05, 0.1) is 0 Å². The minimum atomic E-state index is -0.442. The highest BCUT2D eigenvalue weighted by molar-refractivity contribution is 9.18. The molecule has 5 nitrogen and oxygen atoms in total. The second-order valence-electron chi connectivity index (χ2n) is 5.89. The Bertz CT molecular complexity index is 368. The van der Waals surface area contributed by atoms with Crippen molar-refractivity contribution >= 4 is 26.6 Å². The van der Waals surface area contributed by atoms with Crippen molar-refractivity contribution in [2.24, 2.45) is 5.16 Å². The molecule has 0 aliphatic carbocycles. The Labute approximate surface area is 116 Å². The number of piperidine rings is 1. The zero-order valence-electron chi connectivity index (χ0n) is 11.0. The Hall–Kier alpha value is -0.780. The van der Waals surface area contributed by atoms with E-state index in [1.54, 1.807) is 4.90 Å².